The predicted molar refractivity (Wildman–Crippen MR) is 93.1 cm³/mol. The number of rotatable bonds is 8. The van der Waals surface area contributed by atoms with Gasteiger partial charge in [-0.15, -0.1) is 12.4 Å². The highest BCUT2D eigenvalue weighted by Crippen LogP contribution is 2.26. The lowest BCUT2D eigenvalue weighted by atomic mass is 10.2. The first-order valence-electron chi connectivity index (χ1n) is 6.94. The highest BCUT2D eigenvalue weighted by molar-refractivity contribution is 6.32. The van der Waals surface area contributed by atoms with Crippen LogP contribution in [0.15, 0.2) is 48.5 Å². The number of nitrogens with one attached hydrogen (secondary N) is 1. The second-order valence-corrected chi connectivity index (χ2v) is 5.12. The molecule has 120 valence electrons. The molecule has 0 aliphatic rings. The van der Waals surface area contributed by atoms with E-state index in [2.05, 4.69) is 5.32 Å². The Hall–Kier alpha value is -1.26. The van der Waals surface area contributed by atoms with Crippen molar-refractivity contribution in [3.05, 3.63) is 64.7 Å². The van der Waals surface area contributed by atoms with Crippen molar-refractivity contribution >= 4 is 24.0 Å². The monoisotopic (exact) mass is 341 g/mol. The van der Waals surface area contributed by atoms with Gasteiger partial charge in [0.1, 0.15) is 12.4 Å². The Morgan fingerprint density at radius 3 is 2.50 bits per heavy atom. The van der Waals surface area contributed by atoms with Crippen molar-refractivity contribution in [3.8, 4) is 5.75 Å². The predicted octanol–water partition coefficient (Wildman–Crippen LogP) is 4.08. The van der Waals surface area contributed by atoms with Gasteiger partial charge < -0.3 is 14.8 Å². The molecule has 0 spiro atoms. The number of methoxy groups -OCH3 is 1. The number of halogens is 2. The second-order valence-electron chi connectivity index (χ2n) is 4.71. The Morgan fingerprint density at radius 2 is 1.82 bits per heavy atom. The summed E-state index contributed by atoms with van der Waals surface area (Å²) in [6.07, 6.45) is 0. The van der Waals surface area contributed by atoms with Gasteiger partial charge >= 0.3 is 0 Å². The Labute approximate surface area is 143 Å². The molecule has 2 aromatic rings. The molecular formula is C17H21Cl2NO2. The summed E-state index contributed by atoms with van der Waals surface area (Å²) in [6.45, 7) is 2.81. The zero-order valence-corrected chi connectivity index (χ0v) is 14.1. The fourth-order valence-corrected chi connectivity index (χ4v) is 2.17. The molecule has 2 aromatic carbocycles. The van der Waals surface area contributed by atoms with Gasteiger partial charge in [0.15, 0.2) is 0 Å². The van der Waals surface area contributed by atoms with Gasteiger partial charge in [0.25, 0.3) is 0 Å². The third-order valence-electron chi connectivity index (χ3n) is 3.05. The molecule has 0 atom stereocenters. The third-order valence-corrected chi connectivity index (χ3v) is 3.34. The van der Waals surface area contributed by atoms with Crippen LogP contribution in [0.2, 0.25) is 5.02 Å². The summed E-state index contributed by atoms with van der Waals surface area (Å²) in [5.41, 5.74) is 2.25. The van der Waals surface area contributed by atoms with Crippen LogP contribution in [0.4, 0.5) is 0 Å². The molecule has 0 amide bonds. The summed E-state index contributed by atoms with van der Waals surface area (Å²) in [7, 11) is 1.69. The first-order chi connectivity index (χ1) is 10.3. The van der Waals surface area contributed by atoms with Crippen LogP contribution >= 0.6 is 24.0 Å². The van der Waals surface area contributed by atoms with Gasteiger partial charge in [0.05, 0.1) is 11.6 Å². The Morgan fingerprint density at radius 1 is 1.05 bits per heavy atom. The SMILES string of the molecule is COCCNCc1ccc(OCc2ccccc2)c(Cl)c1.Cl. The summed E-state index contributed by atoms with van der Waals surface area (Å²) >= 11 is 6.26. The van der Waals surface area contributed by atoms with E-state index >= 15 is 0 Å². The lowest BCUT2D eigenvalue weighted by Gasteiger charge is -2.10. The van der Waals surface area contributed by atoms with Crippen LogP contribution in [0.25, 0.3) is 0 Å². The maximum absolute atomic E-state index is 6.26. The number of benzene rings is 2. The fraction of sp³-hybridized carbons (Fsp3) is 0.294. The van der Waals surface area contributed by atoms with E-state index in [1.54, 1.807) is 7.11 Å². The second kappa shape index (κ2) is 10.5. The zero-order chi connectivity index (χ0) is 14.9. The standard InChI is InChI=1S/C17H20ClNO2.ClH/c1-20-10-9-19-12-15-7-8-17(16(18)11-15)21-13-14-5-3-2-4-6-14;/h2-8,11,19H,9-10,12-13H2,1H3;1H. The highest BCUT2D eigenvalue weighted by atomic mass is 35.5. The molecule has 0 unspecified atom stereocenters. The largest absolute Gasteiger partial charge is 0.487 e. The Balaban J connectivity index is 0.00000242. The lowest BCUT2D eigenvalue weighted by molar-refractivity contribution is 0.199. The fourth-order valence-electron chi connectivity index (χ4n) is 1.91. The van der Waals surface area contributed by atoms with Crippen molar-refractivity contribution in [3.63, 3.8) is 0 Å². The molecule has 0 aromatic heterocycles. The molecule has 2 rings (SSSR count). The van der Waals surface area contributed by atoms with Gasteiger partial charge in [0, 0.05) is 20.2 Å². The first-order valence-corrected chi connectivity index (χ1v) is 7.32. The number of hydrogen-bond donors (Lipinski definition) is 1. The maximum atomic E-state index is 6.26. The summed E-state index contributed by atoms with van der Waals surface area (Å²) in [4.78, 5) is 0. The topological polar surface area (TPSA) is 30.5 Å². The average Bonchev–Trinajstić information content (AvgIpc) is 2.52. The van der Waals surface area contributed by atoms with Gasteiger partial charge in [-0.1, -0.05) is 48.0 Å². The molecule has 0 saturated heterocycles. The summed E-state index contributed by atoms with van der Waals surface area (Å²) in [6, 6.07) is 15.9. The maximum Gasteiger partial charge on any atom is 0.138 e. The minimum Gasteiger partial charge on any atom is -0.487 e. The smallest absolute Gasteiger partial charge is 0.138 e. The molecule has 3 nitrogen and oxygen atoms in total. The average molecular weight is 342 g/mol. The molecule has 0 saturated carbocycles. The molecule has 0 radical (unpaired) electrons. The van der Waals surface area contributed by atoms with E-state index in [4.69, 9.17) is 21.1 Å². The lowest BCUT2D eigenvalue weighted by Crippen LogP contribution is -2.18. The molecule has 0 fully saturated rings. The minimum atomic E-state index is 0. The van der Waals surface area contributed by atoms with Crippen LogP contribution < -0.4 is 10.1 Å². The van der Waals surface area contributed by atoms with Gasteiger partial charge in [-0.05, 0) is 23.3 Å². The molecule has 1 N–H and O–H groups in total. The van der Waals surface area contributed by atoms with Crippen LogP contribution in [0.5, 0.6) is 5.75 Å². The summed E-state index contributed by atoms with van der Waals surface area (Å²) in [5.74, 6) is 0.709. The summed E-state index contributed by atoms with van der Waals surface area (Å²) in [5, 5.41) is 3.92. The van der Waals surface area contributed by atoms with Gasteiger partial charge in [-0.25, -0.2) is 0 Å². The van der Waals surface area contributed by atoms with Crippen molar-refractivity contribution < 1.29 is 9.47 Å². The summed E-state index contributed by atoms with van der Waals surface area (Å²) < 4.78 is 10.7. The number of hydrogen-bond acceptors (Lipinski definition) is 3. The van der Waals surface area contributed by atoms with Crippen molar-refractivity contribution in [1.29, 1.82) is 0 Å². The third kappa shape index (κ3) is 6.24. The van der Waals surface area contributed by atoms with Crippen LogP contribution in [-0.4, -0.2) is 20.3 Å². The van der Waals surface area contributed by atoms with Crippen LogP contribution in [0.1, 0.15) is 11.1 Å². The van der Waals surface area contributed by atoms with Crippen molar-refractivity contribution in [1.82, 2.24) is 5.32 Å². The first kappa shape index (κ1) is 18.8. The normalized spacial score (nSPS) is 10.1. The molecule has 0 aliphatic carbocycles. The Bertz CT molecular complexity index is 550. The molecule has 0 bridgehead atoms. The van der Waals surface area contributed by atoms with Gasteiger partial charge in [0.2, 0.25) is 0 Å². The molecular weight excluding hydrogens is 321 g/mol. The van der Waals surface area contributed by atoms with E-state index < -0.39 is 0 Å². The van der Waals surface area contributed by atoms with Gasteiger partial charge in [-0.2, -0.15) is 0 Å². The zero-order valence-electron chi connectivity index (χ0n) is 12.5. The van der Waals surface area contributed by atoms with E-state index in [0.29, 0.717) is 24.0 Å². The van der Waals surface area contributed by atoms with Gasteiger partial charge in [-0.3, -0.25) is 0 Å². The van der Waals surface area contributed by atoms with Crippen LogP contribution in [0, 0.1) is 0 Å². The van der Waals surface area contributed by atoms with Crippen molar-refractivity contribution in [2.75, 3.05) is 20.3 Å². The van der Waals surface area contributed by atoms with Crippen LogP contribution in [0.3, 0.4) is 0 Å². The molecule has 22 heavy (non-hydrogen) atoms. The highest BCUT2D eigenvalue weighted by Gasteiger charge is 2.03. The van der Waals surface area contributed by atoms with E-state index in [0.717, 1.165) is 24.2 Å². The van der Waals surface area contributed by atoms with E-state index in [-0.39, 0.29) is 12.4 Å². The molecule has 0 heterocycles. The van der Waals surface area contributed by atoms with Crippen molar-refractivity contribution in [2.24, 2.45) is 0 Å². The van der Waals surface area contributed by atoms with E-state index in [1.165, 1.54) is 0 Å². The molecule has 5 heteroatoms. The quantitative estimate of drug-likeness (QED) is 0.734. The van der Waals surface area contributed by atoms with Crippen LogP contribution in [-0.2, 0) is 17.9 Å². The van der Waals surface area contributed by atoms with E-state index in [9.17, 15) is 0 Å². The molecule has 0 aliphatic heterocycles. The minimum absolute atomic E-state index is 0. The Kier molecular flexibility index (Phi) is 8.94. The number of ether oxygens (including phenoxy) is 2. The van der Waals surface area contributed by atoms with Crippen molar-refractivity contribution in [2.45, 2.75) is 13.2 Å². The van der Waals surface area contributed by atoms with E-state index in [1.807, 2.05) is 48.5 Å².